The van der Waals surface area contributed by atoms with Crippen molar-refractivity contribution in [3.8, 4) is 5.75 Å². The van der Waals surface area contributed by atoms with Crippen molar-refractivity contribution in [2.45, 2.75) is 38.2 Å². The number of carbonyl (C=O) groups is 1. The van der Waals surface area contributed by atoms with Crippen molar-refractivity contribution in [2.75, 3.05) is 0 Å². The molecule has 9 heteroatoms. The molecule has 2 aromatic carbocycles. The molecule has 1 aliphatic carbocycles. The van der Waals surface area contributed by atoms with E-state index < -0.39 is 35.3 Å². The number of amides is 1. The number of aliphatic hydroxyl groups is 2. The summed E-state index contributed by atoms with van der Waals surface area (Å²) >= 11 is 0. The van der Waals surface area contributed by atoms with Crippen LogP contribution in [-0.2, 0) is 12.1 Å². The zero-order valence-corrected chi connectivity index (χ0v) is 19.0. The summed E-state index contributed by atoms with van der Waals surface area (Å²) in [4.78, 5) is 17.9. The van der Waals surface area contributed by atoms with Crippen LogP contribution in [0.2, 0.25) is 0 Å². The van der Waals surface area contributed by atoms with Gasteiger partial charge in [0, 0.05) is 6.20 Å². The van der Waals surface area contributed by atoms with Crippen LogP contribution in [0, 0.1) is 18.6 Å². The van der Waals surface area contributed by atoms with E-state index in [0.29, 0.717) is 22.5 Å². The molecule has 2 aromatic heterocycles. The number of imidazole rings is 1. The predicted molar refractivity (Wildman–Crippen MR) is 123 cm³/mol. The standard InChI is InChI=1S/C26H23F2N3O4/c1-14-21(25(34)30-26(2)17-8-4-3-7-15(17)22(32)23(26)33)31-12-6-11-20(24(31)29-14)35-13-16-18(27)9-5-10-19(16)28/h3-12,22-23,32-33H,13H2,1-2H3,(H,30,34)/t22-,23+,26+/m0/s1. The lowest BCUT2D eigenvalue weighted by molar-refractivity contribution is -0.0189. The molecule has 0 fully saturated rings. The summed E-state index contributed by atoms with van der Waals surface area (Å²) < 4.78 is 35.2. The third-order valence-corrected chi connectivity index (χ3v) is 6.54. The number of hydrogen-bond donors (Lipinski definition) is 3. The summed E-state index contributed by atoms with van der Waals surface area (Å²) in [7, 11) is 0. The second kappa shape index (κ2) is 8.44. The monoisotopic (exact) mass is 479 g/mol. The van der Waals surface area contributed by atoms with E-state index in [1.165, 1.54) is 10.5 Å². The molecule has 0 unspecified atom stereocenters. The number of aliphatic hydroxyl groups excluding tert-OH is 2. The summed E-state index contributed by atoms with van der Waals surface area (Å²) in [5, 5.41) is 24.1. The highest BCUT2D eigenvalue weighted by atomic mass is 19.1. The van der Waals surface area contributed by atoms with Crippen LogP contribution >= 0.6 is 0 Å². The van der Waals surface area contributed by atoms with E-state index in [4.69, 9.17) is 4.74 Å². The highest BCUT2D eigenvalue weighted by Gasteiger charge is 2.49. The molecule has 0 spiro atoms. The van der Waals surface area contributed by atoms with E-state index in [1.807, 2.05) is 0 Å². The number of nitrogens with zero attached hydrogens (tertiary/aromatic N) is 2. The zero-order chi connectivity index (χ0) is 24.9. The van der Waals surface area contributed by atoms with Crippen molar-refractivity contribution in [3.63, 3.8) is 0 Å². The van der Waals surface area contributed by atoms with Gasteiger partial charge in [0.05, 0.1) is 16.8 Å². The Morgan fingerprint density at radius 2 is 1.83 bits per heavy atom. The van der Waals surface area contributed by atoms with Gasteiger partial charge >= 0.3 is 0 Å². The van der Waals surface area contributed by atoms with Crippen molar-refractivity contribution in [1.29, 1.82) is 0 Å². The summed E-state index contributed by atoms with van der Waals surface area (Å²) in [6, 6.07) is 13.8. The van der Waals surface area contributed by atoms with Crippen LogP contribution in [0.3, 0.4) is 0 Å². The van der Waals surface area contributed by atoms with Crippen LogP contribution in [0.5, 0.6) is 5.75 Å². The Labute approximate surface area is 199 Å². The first-order valence-electron chi connectivity index (χ1n) is 11.0. The molecule has 0 radical (unpaired) electrons. The number of ether oxygens (including phenoxy) is 1. The van der Waals surface area contributed by atoms with E-state index >= 15 is 0 Å². The summed E-state index contributed by atoms with van der Waals surface area (Å²) in [5.41, 5.74) is 0.612. The fraction of sp³-hybridized carbons (Fsp3) is 0.231. The van der Waals surface area contributed by atoms with E-state index in [2.05, 4.69) is 10.3 Å². The maximum atomic E-state index is 14.0. The third kappa shape index (κ3) is 3.64. The van der Waals surface area contributed by atoms with Crippen LogP contribution in [0.25, 0.3) is 5.65 Å². The van der Waals surface area contributed by atoms with E-state index in [0.717, 1.165) is 12.1 Å². The largest absolute Gasteiger partial charge is 0.485 e. The van der Waals surface area contributed by atoms with Gasteiger partial charge in [0.15, 0.2) is 11.4 Å². The first kappa shape index (κ1) is 22.9. The molecule has 7 nitrogen and oxygen atoms in total. The number of pyridine rings is 1. The van der Waals surface area contributed by atoms with Gasteiger partial charge in [-0.25, -0.2) is 13.8 Å². The lowest BCUT2D eigenvalue weighted by atomic mass is 9.91. The molecule has 0 aliphatic heterocycles. The summed E-state index contributed by atoms with van der Waals surface area (Å²) in [5.74, 6) is -1.72. The SMILES string of the molecule is Cc1nc2c(OCc3c(F)cccc3F)cccn2c1C(=O)N[C@]1(C)c2ccccc2[C@H](O)[C@H]1O. The quantitative estimate of drug-likeness (QED) is 0.407. The Morgan fingerprint density at radius 3 is 2.57 bits per heavy atom. The maximum Gasteiger partial charge on any atom is 0.270 e. The number of rotatable bonds is 5. The van der Waals surface area contributed by atoms with Crippen molar-refractivity contribution in [2.24, 2.45) is 0 Å². The highest BCUT2D eigenvalue weighted by molar-refractivity contribution is 5.95. The maximum absolute atomic E-state index is 14.0. The Balaban J connectivity index is 1.47. The van der Waals surface area contributed by atoms with Crippen LogP contribution in [0.15, 0.2) is 60.8 Å². The number of benzene rings is 2. The van der Waals surface area contributed by atoms with E-state index in [9.17, 15) is 23.8 Å². The fourth-order valence-corrected chi connectivity index (χ4v) is 4.67. The van der Waals surface area contributed by atoms with Crippen molar-refractivity contribution in [1.82, 2.24) is 14.7 Å². The van der Waals surface area contributed by atoms with Crippen molar-refractivity contribution < 1.29 is 28.5 Å². The zero-order valence-electron chi connectivity index (χ0n) is 19.0. The van der Waals surface area contributed by atoms with Gasteiger partial charge < -0.3 is 20.3 Å². The second-order valence-corrected chi connectivity index (χ2v) is 8.73. The molecule has 0 saturated carbocycles. The smallest absolute Gasteiger partial charge is 0.270 e. The Morgan fingerprint density at radius 1 is 1.11 bits per heavy atom. The topological polar surface area (TPSA) is 96.1 Å². The van der Waals surface area contributed by atoms with Crippen LogP contribution < -0.4 is 10.1 Å². The molecular formula is C26H23F2N3O4. The number of aromatic nitrogens is 2. The van der Waals surface area contributed by atoms with Gasteiger partial charge in [-0.15, -0.1) is 0 Å². The molecule has 3 N–H and O–H groups in total. The number of fused-ring (bicyclic) bond motifs is 2. The normalized spacial score (nSPS) is 21.2. The Hall–Kier alpha value is -3.82. The molecule has 1 amide bonds. The van der Waals surface area contributed by atoms with Gasteiger partial charge in [-0.05, 0) is 49.2 Å². The molecule has 180 valence electrons. The Bertz CT molecular complexity index is 1430. The van der Waals surface area contributed by atoms with Gasteiger partial charge in [0.1, 0.15) is 36.1 Å². The van der Waals surface area contributed by atoms with Crippen molar-refractivity contribution >= 4 is 11.6 Å². The molecule has 1 aliphatic rings. The van der Waals surface area contributed by atoms with E-state index in [-0.39, 0.29) is 23.6 Å². The average Bonchev–Trinajstić information content (AvgIpc) is 3.27. The number of aryl methyl sites for hydroxylation is 1. The van der Waals surface area contributed by atoms with Gasteiger partial charge in [0.25, 0.3) is 5.91 Å². The lowest BCUT2D eigenvalue weighted by Crippen LogP contribution is -2.50. The van der Waals surface area contributed by atoms with E-state index in [1.54, 1.807) is 56.4 Å². The van der Waals surface area contributed by atoms with Gasteiger partial charge in [0.2, 0.25) is 0 Å². The van der Waals surface area contributed by atoms with Crippen LogP contribution in [0.4, 0.5) is 8.78 Å². The lowest BCUT2D eigenvalue weighted by Gasteiger charge is -2.31. The average molecular weight is 479 g/mol. The van der Waals surface area contributed by atoms with Crippen molar-refractivity contribution in [3.05, 3.63) is 101 Å². The molecule has 3 atom stereocenters. The predicted octanol–water partition coefficient (Wildman–Crippen LogP) is 3.55. The first-order valence-corrected chi connectivity index (χ1v) is 11.0. The first-order chi connectivity index (χ1) is 16.7. The fourth-order valence-electron chi connectivity index (χ4n) is 4.67. The highest BCUT2D eigenvalue weighted by Crippen LogP contribution is 2.43. The minimum absolute atomic E-state index is 0.204. The number of halogens is 2. The second-order valence-electron chi connectivity index (χ2n) is 8.73. The minimum atomic E-state index is -1.25. The molecule has 4 aromatic rings. The molecule has 2 heterocycles. The summed E-state index contributed by atoms with van der Waals surface area (Å²) in [6.45, 7) is 2.95. The minimum Gasteiger partial charge on any atom is -0.485 e. The molecule has 0 saturated heterocycles. The van der Waals surface area contributed by atoms with Crippen LogP contribution in [0.1, 0.15) is 45.9 Å². The number of carbonyl (C=O) groups excluding carboxylic acids is 1. The summed E-state index contributed by atoms with van der Waals surface area (Å²) in [6.07, 6.45) is -0.770. The molecule has 35 heavy (non-hydrogen) atoms. The molecular weight excluding hydrogens is 456 g/mol. The van der Waals surface area contributed by atoms with Crippen LogP contribution in [-0.4, -0.2) is 31.6 Å². The molecule has 5 rings (SSSR count). The van der Waals surface area contributed by atoms with Gasteiger partial charge in [-0.1, -0.05) is 30.3 Å². The number of hydrogen-bond acceptors (Lipinski definition) is 5. The number of nitrogens with one attached hydrogen (secondary N) is 1. The third-order valence-electron chi connectivity index (χ3n) is 6.54. The molecule has 0 bridgehead atoms. The van der Waals surface area contributed by atoms with Gasteiger partial charge in [-0.3, -0.25) is 9.20 Å². The Kier molecular flexibility index (Phi) is 5.53. The van der Waals surface area contributed by atoms with Gasteiger partial charge in [-0.2, -0.15) is 0 Å².